The lowest BCUT2D eigenvalue weighted by Gasteiger charge is -2.32. The van der Waals surface area contributed by atoms with E-state index in [0.29, 0.717) is 25.4 Å². The molecule has 1 aliphatic rings. The summed E-state index contributed by atoms with van der Waals surface area (Å²) in [6, 6.07) is 20.5. The number of carbonyl (C=O) groups is 1. The van der Waals surface area contributed by atoms with E-state index < -0.39 is 0 Å². The predicted molar refractivity (Wildman–Crippen MR) is 134 cm³/mol. The molecule has 0 aromatic heterocycles. The summed E-state index contributed by atoms with van der Waals surface area (Å²) >= 11 is 0. The first kappa shape index (κ1) is 24.4. The largest absolute Gasteiger partial charge is 0.392 e. The van der Waals surface area contributed by atoms with Gasteiger partial charge >= 0.3 is 0 Å². The molecule has 1 fully saturated rings. The third-order valence-electron chi connectivity index (χ3n) is 6.37. The van der Waals surface area contributed by atoms with E-state index in [-0.39, 0.29) is 18.6 Å². The van der Waals surface area contributed by atoms with Crippen LogP contribution in [0, 0.1) is 0 Å². The minimum absolute atomic E-state index is 0.0578. The van der Waals surface area contributed by atoms with Gasteiger partial charge in [-0.15, -0.1) is 0 Å². The van der Waals surface area contributed by atoms with Crippen molar-refractivity contribution in [2.75, 3.05) is 33.4 Å². The molecule has 1 amide bonds. The minimum Gasteiger partial charge on any atom is -0.392 e. The van der Waals surface area contributed by atoms with Gasteiger partial charge in [0.15, 0.2) is 0 Å². The highest BCUT2D eigenvalue weighted by Crippen LogP contribution is 2.21. The second kappa shape index (κ2) is 12.1. The highest BCUT2D eigenvalue weighted by atomic mass is 16.5. The van der Waals surface area contributed by atoms with Gasteiger partial charge in [0, 0.05) is 38.3 Å². The van der Waals surface area contributed by atoms with Crippen LogP contribution in [0.4, 0.5) is 0 Å². The Morgan fingerprint density at radius 1 is 0.971 bits per heavy atom. The van der Waals surface area contributed by atoms with E-state index in [1.807, 2.05) is 12.1 Å². The van der Waals surface area contributed by atoms with E-state index in [1.54, 1.807) is 19.2 Å². The molecule has 1 aliphatic heterocycles. The van der Waals surface area contributed by atoms with Crippen LogP contribution in [-0.4, -0.2) is 55.4 Å². The van der Waals surface area contributed by atoms with Crippen molar-refractivity contribution in [3.8, 4) is 0 Å². The number of amides is 1. The van der Waals surface area contributed by atoms with Crippen LogP contribution in [0.25, 0.3) is 10.8 Å². The normalized spacial score (nSPS) is 15.0. The number of rotatable bonds is 10. The molecular weight excluding hydrogens is 428 g/mol. The van der Waals surface area contributed by atoms with Crippen molar-refractivity contribution >= 4 is 16.7 Å². The zero-order valence-corrected chi connectivity index (χ0v) is 19.8. The van der Waals surface area contributed by atoms with E-state index in [1.165, 1.54) is 21.9 Å². The summed E-state index contributed by atoms with van der Waals surface area (Å²) in [7, 11) is 1.68. The average Bonchev–Trinajstić information content (AvgIpc) is 2.87. The summed E-state index contributed by atoms with van der Waals surface area (Å²) in [6.07, 6.45) is 1.87. The maximum Gasteiger partial charge on any atom is 0.251 e. The zero-order chi connectivity index (χ0) is 23.8. The molecule has 0 atom stereocenters. The van der Waals surface area contributed by atoms with E-state index >= 15 is 0 Å². The SMILES string of the molecule is COCCOCc1ccc2ccc(CN3CCC(NC(=O)c4cccc(CO)c4)CC3)cc2c1. The number of hydrogen-bond acceptors (Lipinski definition) is 5. The number of ether oxygens (including phenoxy) is 2. The number of nitrogens with zero attached hydrogens (tertiary/aromatic N) is 1. The van der Waals surface area contributed by atoms with E-state index in [2.05, 4.69) is 46.6 Å². The van der Waals surface area contributed by atoms with Crippen molar-refractivity contribution in [3.63, 3.8) is 0 Å². The molecule has 34 heavy (non-hydrogen) atoms. The first-order valence-corrected chi connectivity index (χ1v) is 12.0. The van der Waals surface area contributed by atoms with Gasteiger partial charge in [-0.3, -0.25) is 9.69 Å². The predicted octanol–water partition coefficient (Wildman–Crippen LogP) is 3.89. The Balaban J connectivity index is 1.29. The van der Waals surface area contributed by atoms with Gasteiger partial charge in [0.1, 0.15) is 0 Å². The number of aliphatic hydroxyl groups excluding tert-OH is 1. The summed E-state index contributed by atoms with van der Waals surface area (Å²) < 4.78 is 10.7. The van der Waals surface area contributed by atoms with Gasteiger partial charge in [-0.05, 0) is 64.6 Å². The summed E-state index contributed by atoms with van der Waals surface area (Å²) in [5.41, 5.74) is 3.83. The van der Waals surface area contributed by atoms with Crippen LogP contribution < -0.4 is 5.32 Å². The van der Waals surface area contributed by atoms with Gasteiger partial charge in [-0.25, -0.2) is 0 Å². The number of methoxy groups -OCH3 is 1. The lowest BCUT2D eigenvalue weighted by Crippen LogP contribution is -2.44. The van der Waals surface area contributed by atoms with Crippen LogP contribution in [0.3, 0.4) is 0 Å². The number of fused-ring (bicyclic) bond motifs is 1. The Morgan fingerprint density at radius 2 is 1.74 bits per heavy atom. The molecule has 6 nitrogen and oxygen atoms in total. The van der Waals surface area contributed by atoms with Crippen molar-refractivity contribution < 1.29 is 19.4 Å². The summed E-state index contributed by atoms with van der Waals surface area (Å²) in [4.78, 5) is 15.0. The fourth-order valence-corrected chi connectivity index (χ4v) is 4.44. The fraction of sp³-hybridized carbons (Fsp3) is 0.393. The highest BCUT2D eigenvalue weighted by molar-refractivity contribution is 5.94. The molecule has 6 heteroatoms. The molecule has 180 valence electrons. The third kappa shape index (κ3) is 6.64. The van der Waals surface area contributed by atoms with Crippen LogP contribution in [0.1, 0.15) is 39.9 Å². The van der Waals surface area contributed by atoms with Gasteiger partial charge in [0.2, 0.25) is 0 Å². The number of nitrogens with one attached hydrogen (secondary N) is 1. The van der Waals surface area contributed by atoms with Crippen LogP contribution in [-0.2, 0) is 29.2 Å². The van der Waals surface area contributed by atoms with E-state index in [4.69, 9.17) is 9.47 Å². The van der Waals surface area contributed by atoms with Crippen LogP contribution in [0.15, 0.2) is 60.7 Å². The van der Waals surface area contributed by atoms with Crippen molar-refractivity contribution in [3.05, 3.63) is 82.9 Å². The maximum absolute atomic E-state index is 12.6. The van der Waals surface area contributed by atoms with Crippen molar-refractivity contribution in [2.45, 2.75) is 38.6 Å². The van der Waals surface area contributed by atoms with Gasteiger partial charge in [-0.2, -0.15) is 0 Å². The second-order valence-corrected chi connectivity index (χ2v) is 8.94. The van der Waals surface area contributed by atoms with Gasteiger partial charge in [0.25, 0.3) is 5.91 Å². The third-order valence-corrected chi connectivity index (χ3v) is 6.37. The summed E-state index contributed by atoms with van der Waals surface area (Å²) in [5.74, 6) is -0.0646. The molecule has 0 bridgehead atoms. The molecule has 2 N–H and O–H groups in total. The van der Waals surface area contributed by atoms with Crippen molar-refractivity contribution in [1.29, 1.82) is 0 Å². The maximum atomic E-state index is 12.6. The molecule has 0 radical (unpaired) electrons. The monoisotopic (exact) mass is 462 g/mol. The van der Waals surface area contributed by atoms with E-state index in [9.17, 15) is 9.90 Å². The second-order valence-electron chi connectivity index (χ2n) is 8.94. The Morgan fingerprint density at radius 3 is 2.50 bits per heavy atom. The summed E-state index contributed by atoms with van der Waals surface area (Å²) in [6.45, 7) is 4.55. The molecule has 0 unspecified atom stereocenters. The van der Waals surface area contributed by atoms with Crippen molar-refractivity contribution in [2.24, 2.45) is 0 Å². The van der Waals surface area contributed by atoms with Crippen LogP contribution in [0.5, 0.6) is 0 Å². The number of hydrogen-bond donors (Lipinski definition) is 2. The van der Waals surface area contributed by atoms with E-state index in [0.717, 1.165) is 38.0 Å². The first-order valence-electron chi connectivity index (χ1n) is 12.0. The molecule has 3 aromatic carbocycles. The standard InChI is InChI=1S/C28H34N2O4/c1-33-13-14-34-20-23-6-8-24-7-5-21(15-26(24)17-23)18-30-11-9-27(10-12-30)29-28(32)25-4-2-3-22(16-25)19-31/h2-8,15-17,27,31H,9-14,18-20H2,1H3,(H,29,32). The Labute approximate surface area is 201 Å². The topological polar surface area (TPSA) is 71.0 Å². The molecule has 3 aromatic rings. The van der Waals surface area contributed by atoms with Crippen LogP contribution in [0.2, 0.25) is 0 Å². The zero-order valence-electron chi connectivity index (χ0n) is 19.8. The van der Waals surface area contributed by atoms with Crippen molar-refractivity contribution in [1.82, 2.24) is 10.2 Å². The first-order chi connectivity index (χ1) is 16.6. The minimum atomic E-state index is -0.0646. The molecule has 0 spiro atoms. The lowest BCUT2D eigenvalue weighted by molar-refractivity contribution is 0.0617. The van der Waals surface area contributed by atoms with Crippen LogP contribution >= 0.6 is 0 Å². The van der Waals surface area contributed by atoms with Gasteiger partial charge in [0.05, 0.1) is 26.4 Å². The Bertz CT molecular complexity index is 1090. The lowest BCUT2D eigenvalue weighted by atomic mass is 10.0. The molecule has 0 aliphatic carbocycles. The molecule has 0 saturated carbocycles. The Hall–Kier alpha value is -2.77. The number of carbonyl (C=O) groups excluding carboxylic acids is 1. The number of likely N-dealkylation sites (tertiary alicyclic amines) is 1. The molecule has 1 saturated heterocycles. The number of piperidine rings is 1. The van der Waals surface area contributed by atoms with Gasteiger partial charge in [-0.1, -0.05) is 36.4 Å². The Kier molecular flexibility index (Phi) is 8.66. The molecule has 1 heterocycles. The molecular formula is C28H34N2O4. The number of benzene rings is 3. The quantitative estimate of drug-likeness (QED) is 0.448. The smallest absolute Gasteiger partial charge is 0.251 e. The number of aliphatic hydroxyl groups is 1. The summed E-state index contributed by atoms with van der Waals surface area (Å²) in [5, 5.41) is 14.9. The average molecular weight is 463 g/mol. The molecule has 4 rings (SSSR count). The highest BCUT2D eigenvalue weighted by Gasteiger charge is 2.21. The fourth-order valence-electron chi connectivity index (χ4n) is 4.44. The van der Waals surface area contributed by atoms with Gasteiger partial charge < -0.3 is 19.9 Å².